The van der Waals surface area contributed by atoms with E-state index >= 15 is 0 Å². The van der Waals surface area contributed by atoms with Crippen LogP contribution in [0.4, 0.5) is 17.6 Å². The van der Waals surface area contributed by atoms with E-state index in [1.165, 1.54) is 0 Å². The van der Waals surface area contributed by atoms with Gasteiger partial charge >= 0.3 is 6.18 Å². The molecule has 2 unspecified atom stereocenters. The number of halogens is 4. The van der Waals surface area contributed by atoms with E-state index in [2.05, 4.69) is 5.92 Å². The van der Waals surface area contributed by atoms with Crippen molar-refractivity contribution in [3.8, 4) is 18.4 Å². The van der Waals surface area contributed by atoms with Crippen LogP contribution in [0.2, 0.25) is 0 Å². The number of piperazine rings is 1. The summed E-state index contributed by atoms with van der Waals surface area (Å²) in [6, 6.07) is -0.174. The average Bonchev–Trinajstić information content (AvgIpc) is 2.20. The zero-order chi connectivity index (χ0) is 13.1. The third kappa shape index (κ3) is 3.32. The summed E-state index contributed by atoms with van der Waals surface area (Å²) in [6.07, 6.45) is -1.12. The molecule has 0 aromatic heterocycles. The smallest absolute Gasteiger partial charge is 0.276 e. The van der Waals surface area contributed by atoms with E-state index in [1.54, 1.807) is 6.07 Å². The number of alkyl halides is 4. The number of nitriles is 1. The van der Waals surface area contributed by atoms with Crippen molar-refractivity contribution in [2.75, 3.05) is 26.2 Å². The average molecular weight is 249 g/mol. The molecular weight excluding hydrogens is 238 g/mol. The Labute approximate surface area is 96.6 Å². The third-order valence-electron chi connectivity index (χ3n) is 2.58. The molecule has 0 aromatic rings. The molecule has 0 spiro atoms. The highest BCUT2D eigenvalue weighted by atomic mass is 19.4. The van der Waals surface area contributed by atoms with Gasteiger partial charge in [0.15, 0.2) is 6.30 Å². The summed E-state index contributed by atoms with van der Waals surface area (Å²) < 4.78 is 51.6. The van der Waals surface area contributed by atoms with E-state index in [0.29, 0.717) is 0 Å². The van der Waals surface area contributed by atoms with Crippen LogP contribution in [-0.2, 0) is 0 Å². The SMILES string of the molecule is C#CCN1CC(F)N(CC#N)CC1C(F)(F)F. The fourth-order valence-corrected chi connectivity index (χ4v) is 1.75. The van der Waals surface area contributed by atoms with Crippen LogP contribution in [0.15, 0.2) is 0 Å². The van der Waals surface area contributed by atoms with Crippen LogP contribution < -0.4 is 0 Å². The van der Waals surface area contributed by atoms with Gasteiger partial charge in [0, 0.05) is 13.1 Å². The molecule has 1 rings (SSSR count). The van der Waals surface area contributed by atoms with Crippen molar-refractivity contribution in [1.82, 2.24) is 9.80 Å². The Morgan fingerprint density at radius 2 is 1.88 bits per heavy atom. The van der Waals surface area contributed by atoms with Gasteiger partial charge in [-0.05, 0) is 0 Å². The largest absolute Gasteiger partial charge is 0.405 e. The minimum atomic E-state index is -4.48. The normalized spacial score (nSPS) is 27.4. The molecule has 0 radical (unpaired) electrons. The molecule has 0 saturated carbocycles. The molecule has 1 saturated heterocycles. The van der Waals surface area contributed by atoms with Crippen LogP contribution in [0.1, 0.15) is 0 Å². The zero-order valence-corrected chi connectivity index (χ0v) is 8.91. The van der Waals surface area contributed by atoms with E-state index < -0.39 is 31.6 Å². The zero-order valence-electron chi connectivity index (χ0n) is 8.91. The number of terminal acetylenes is 1. The minimum absolute atomic E-state index is 0.259. The summed E-state index contributed by atoms with van der Waals surface area (Å²) in [6.45, 7) is -1.63. The molecule has 1 aliphatic heterocycles. The summed E-state index contributed by atoms with van der Waals surface area (Å²) >= 11 is 0. The molecule has 3 nitrogen and oxygen atoms in total. The molecule has 0 aromatic carbocycles. The first-order chi connectivity index (χ1) is 7.90. The molecule has 1 heterocycles. The van der Waals surface area contributed by atoms with Crippen LogP contribution in [0.3, 0.4) is 0 Å². The Kier molecular flexibility index (Phi) is 4.33. The number of rotatable bonds is 2. The molecule has 7 heteroatoms. The fraction of sp³-hybridized carbons (Fsp3) is 0.700. The Morgan fingerprint density at radius 3 is 2.35 bits per heavy atom. The van der Waals surface area contributed by atoms with E-state index in [4.69, 9.17) is 11.7 Å². The maximum atomic E-state index is 13.5. The van der Waals surface area contributed by atoms with Crippen LogP contribution >= 0.6 is 0 Å². The number of hydrogen-bond donors (Lipinski definition) is 0. The fourth-order valence-electron chi connectivity index (χ4n) is 1.75. The summed E-state index contributed by atoms with van der Waals surface area (Å²) in [5.74, 6) is 2.08. The van der Waals surface area contributed by atoms with Gasteiger partial charge in [0.2, 0.25) is 0 Å². The van der Waals surface area contributed by atoms with Crippen molar-refractivity contribution < 1.29 is 17.6 Å². The van der Waals surface area contributed by atoms with Crippen molar-refractivity contribution >= 4 is 0 Å². The van der Waals surface area contributed by atoms with Crippen LogP contribution in [0.25, 0.3) is 0 Å². The van der Waals surface area contributed by atoms with Crippen molar-refractivity contribution in [3.05, 3.63) is 0 Å². The second-order valence-electron chi connectivity index (χ2n) is 3.71. The topological polar surface area (TPSA) is 30.3 Å². The first kappa shape index (κ1) is 13.8. The molecule has 1 fully saturated rings. The molecule has 2 atom stereocenters. The van der Waals surface area contributed by atoms with E-state index in [1.807, 2.05) is 0 Å². The van der Waals surface area contributed by atoms with Crippen LogP contribution in [0, 0.1) is 23.7 Å². The van der Waals surface area contributed by atoms with Crippen LogP contribution in [0.5, 0.6) is 0 Å². The maximum Gasteiger partial charge on any atom is 0.405 e. The predicted octanol–water partition coefficient (Wildman–Crippen LogP) is 0.987. The van der Waals surface area contributed by atoms with Crippen molar-refractivity contribution in [2.45, 2.75) is 18.5 Å². The van der Waals surface area contributed by atoms with Gasteiger partial charge in [-0.3, -0.25) is 9.80 Å². The molecule has 1 aliphatic rings. The number of nitrogens with zero attached hydrogens (tertiary/aromatic N) is 3. The Balaban J connectivity index is 2.83. The lowest BCUT2D eigenvalue weighted by Crippen LogP contribution is -2.61. The van der Waals surface area contributed by atoms with E-state index in [0.717, 1.165) is 9.80 Å². The van der Waals surface area contributed by atoms with Crippen molar-refractivity contribution in [3.63, 3.8) is 0 Å². The lowest BCUT2D eigenvalue weighted by atomic mass is 10.1. The summed E-state index contributed by atoms with van der Waals surface area (Å²) in [7, 11) is 0. The van der Waals surface area contributed by atoms with Gasteiger partial charge in [-0.1, -0.05) is 5.92 Å². The molecule has 0 aliphatic carbocycles. The predicted molar refractivity (Wildman–Crippen MR) is 52.3 cm³/mol. The molecular formula is C10H11F4N3. The lowest BCUT2D eigenvalue weighted by molar-refractivity contribution is -0.206. The maximum absolute atomic E-state index is 13.5. The molecule has 0 bridgehead atoms. The van der Waals surface area contributed by atoms with Crippen LogP contribution in [-0.4, -0.2) is 54.5 Å². The highest BCUT2D eigenvalue weighted by Crippen LogP contribution is 2.29. The van der Waals surface area contributed by atoms with Gasteiger partial charge in [-0.15, -0.1) is 6.42 Å². The molecule has 94 valence electrons. The summed E-state index contributed by atoms with van der Waals surface area (Å²) in [5.41, 5.74) is 0. The summed E-state index contributed by atoms with van der Waals surface area (Å²) in [4.78, 5) is 1.74. The van der Waals surface area contributed by atoms with Crippen molar-refractivity contribution in [1.29, 1.82) is 5.26 Å². The van der Waals surface area contributed by atoms with Gasteiger partial charge in [0.05, 0.1) is 19.2 Å². The third-order valence-corrected chi connectivity index (χ3v) is 2.58. The van der Waals surface area contributed by atoms with E-state index in [9.17, 15) is 17.6 Å². The highest BCUT2D eigenvalue weighted by molar-refractivity contribution is 4.97. The highest BCUT2D eigenvalue weighted by Gasteiger charge is 2.48. The first-order valence-corrected chi connectivity index (χ1v) is 4.89. The molecule has 17 heavy (non-hydrogen) atoms. The van der Waals surface area contributed by atoms with Gasteiger partial charge < -0.3 is 0 Å². The minimum Gasteiger partial charge on any atom is -0.276 e. The van der Waals surface area contributed by atoms with Gasteiger partial charge in [-0.2, -0.15) is 18.4 Å². The Morgan fingerprint density at radius 1 is 1.24 bits per heavy atom. The lowest BCUT2D eigenvalue weighted by Gasteiger charge is -2.42. The molecule has 0 N–H and O–H groups in total. The Hall–Kier alpha value is -1.31. The summed E-state index contributed by atoms with van der Waals surface area (Å²) in [5, 5.41) is 8.41. The first-order valence-electron chi connectivity index (χ1n) is 4.89. The standard InChI is InChI=1S/C10H11F4N3/c1-2-4-16-7-9(11)17(5-3-15)6-8(16)10(12,13)14/h1,8-9H,4-7H2. The second-order valence-corrected chi connectivity index (χ2v) is 3.71. The second kappa shape index (κ2) is 5.35. The monoisotopic (exact) mass is 249 g/mol. The van der Waals surface area contributed by atoms with Crippen molar-refractivity contribution in [2.24, 2.45) is 0 Å². The van der Waals surface area contributed by atoms with Gasteiger partial charge in [0.25, 0.3) is 0 Å². The molecule has 0 amide bonds. The quantitative estimate of drug-likeness (QED) is 0.316. The van der Waals surface area contributed by atoms with E-state index in [-0.39, 0.29) is 13.1 Å². The number of hydrogen-bond acceptors (Lipinski definition) is 3. The van der Waals surface area contributed by atoms with Gasteiger partial charge in [-0.25, -0.2) is 4.39 Å². The van der Waals surface area contributed by atoms with Gasteiger partial charge in [0.1, 0.15) is 6.04 Å². The Bertz CT molecular complexity index is 341.